The first-order valence-electron chi connectivity index (χ1n) is 8.22. The Kier molecular flexibility index (Phi) is 5.49. The largest absolute Gasteiger partial charge is 0.379 e. The zero-order valence-corrected chi connectivity index (χ0v) is 14.4. The Morgan fingerprint density at radius 2 is 2.19 bits per heavy atom. The van der Waals surface area contributed by atoms with E-state index >= 15 is 0 Å². The fourth-order valence-corrected chi connectivity index (χ4v) is 3.38. The van der Waals surface area contributed by atoms with Crippen molar-refractivity contribution < 1.29 is 4.74 Å². The van der Waals surface area contributed by atoms with E-state index in [1.54, 1.807) is 0 Å². The highest BCUT2D eigenvalue weighted by atomic mass is 16.5. The normalized spacial score (nSPS) is 28.7. The minimum Gasteiger partial charge on any atom is -0.379 e. The summed E-state index contributed by atoms with van der Waals surface area (Å²) in [4.78, 5) is 9.37. The fraction of sp³-hybridized carbons (Fsp3) is 0.938. The van der Waals surface area contributed by atoms with Gasteiger partial charge >= 0.3 is 0 Å². The van der Waals surface area contributed by atoms with Crippen molar-refractivity contribution >= 4 is 5.96 Å². The Hall–Kier alpha value is -0.810. The predicted octanol–water partition coefficient (Wildman–Crippen LogP) is 1.40. The molecule has 0 saturated carbocycles. The lowest BCUT2D eigenvalue weighted by atomic mass is 9.93. The van der Waals surface area contributed by atoms with E-state index in [1.165, 1.54) is 6.42 Å². The zero-order chi connectivity index (χ0) is 15.5. The molecular weight excluding hydrogens is 264 g/mol. The first-order valence-corrected chi connectivity index (χ1v) is 8.22. The molecule has 1 N–H and O–H groups in total. The SMILES string of the molecule is CN=C(NCC(C)N1CCOCC1C)N1CCC(C)(C)C1. The number of nitrogens with zero attached hydrogens (tertiary/aromatic N) is 3. The number of morpholine rings is 1. The van der Waals surface area contributed by atoms with Crippen LogP contribution >= 0.6 is 0 Å². The van der Waals surface area contributed by atoms with E-state index in [-0.39, 0.29) is 0 Å². The number of hydrogen-bond donors (Lipinski definition) is 1. The first-order chi connectivity index (χ1) is 9.93. The van der Waals surface area contributed by atoms with Gasteiger partial charge in [-0.2, -0.15) is 0 Å². The Morgan fingerprint density at radius 1 is 1.43 bits per heavy atom. The number of aliphatic imine (C=N–C) groups is 1. The van der Waals surface area contributed by atoms with Gasteiger partial charge in [-0.05, 0) is 25.7 Å². The van der Waals surface area contributed by atoms with Crippen LogP contribution in [-0.4, -0.2) is 74.3 Å². The highest BCUT2D eigenvalue weighted by Crippen LogP contribution is 2.28. The highest BCUT2D eigenvalue weighted by molar-refractivity contribution is 5.80. The summed E-state index contributed by atoms with van der Waals surface area (Å²) < 4.78 is 5.52. The summed E-state index contributed by atoms with van der Waals surface area (Å²) in [6.45, 7) is 15.1. The molecule has 0 aromatic carbocycles. The van der Waals surface area contributed by atoms with E-state index in [0.717, 1.165) is 45.4 Å². The van der Waals surface area contributed by atoms with E-state index < -0.39 is 0 Å². The van der Waals surface area contributed by atoms with Gasteiger partial charge in [-0.1, -0.05) is 13.8 Å². The third-order valence-electron chi connectivity index (χ3n) is 4.73. The average Bonchev–Trinajstić information content (AvgIpc) is 2.80. The molecule has 122 valence electrons. The number of nitrogens with one attached hydrogen (secondary N) is 1. The van der Waals surface area contributed by atoms with Gasteiger partial charge < -0.3 is 15.0 Å². The molecule has 2 saturated heterocycles. The standard InChI is InChI=1S/C16H32N4O/c1-13(20-8-9-21-11-14(20)2)10-18-15(17-5)19-7-6-16(3,4)12-19/h13-14H,6-12H2,1-5H3,(H,17,18). The summed E-state index contributed by atoms with van der Waals surface area (Å²) in [6.07, 6.45) is 1.24. The minimum absolute atomic E-state index is 0.405. The second-order valence-electron chi connectivity index (χ2n) is 7.27. The number of likely N-dealkylation sites (tertiary alicyclic amines) is 1. The van der Waals surface area contributed by atoms with Crippen molar-refractivity contribution in [1.29, 1.82) is 0 Å². The van der Waals surface area contributed by atoms with Crippen molar-refractivity contribution in [3.05, 3.63) is 0 Å². The maximum absolute atomic E-state index is 5.52. The molecule has 2 aliphatic rings. The van der Waals surface area contributed by atoms with Gasteiger partial charge in [0.2, 0.25) is 0 Å². The van der Waals surface area contributed by atoms with Crippen LogP contribution in [0.5, 0.6) is 0 Å². The molecule has 0 spiro atoms. The molecule has 0 bridgehead atoms. The van der Waals surface area contributed by atoms with Crippen LogP contribution in [0.1, 0.15) is 34.1 Å². The van der Waals surface area contributed by atoms with Crippen molar-refractivity contribution in [3.8, 4) is 0 Å². The van der Waals surface area contributed by atoms with Crippen molar-refractivity contribution in [2.24, 2.45) is 10.4 Å². The van der Waals surface area contributed by atoms with Gasteiger partial charge in [-0.15, -0.1) is 0 Å². The minimum atomic E-state index is 0.405. The van der Waals surface area contributed by atoms with E-state index in [1.807, 2.05) is 7.05 Å². The summed E-state index contributed by atoms with van der Waals surface area (Å²) in [5.41, 5.74) is 0.405. The lowest BCUT2D eigenvalue weighted by Gasteiger charge is -2.38. The molecule has 2 unspecified atom stereocenters. The number of rotatable bonds is 3. The van der Waals surface area contributed by atoms with Crippen LogP contribution in [0.3, 0.4) is 0 Å². The summed E-state index contributed by atoms with van der Waals surface area (Å²) in [5, 5.41) is 3.56. The molecule has 2 rings (SSSR count). The Bertz CT molecular complexity index is 369. The lowest BCUT2D eigenvalue weighted by Crippen LogP contribution is -2.53. The smallest absolute Gasteiger partial charge is 0.193 e. The van der Waals surface area contributed by atoms with E-state index in [0.29, 0.717) is 17.5 Å². The third kappa shape index (κ3) is 4.33. The van der Waals surface area contributed by atoms with Crippen LogP contribution in [0.2, 0.25) is 0 Å². The van der Waals surface area contributed by atoms with E-state index in [2.05, 4.69) is 47.8 Å². The maximum Gasteiger partial charge on any atom is 0.193 e. The maximum atomic E-state index is 5.52. The lowest BCUT2D eigenvalue weighted by molar-refractivity contribution is -0.0175. The van der Waals surface area contributed by atoms with Crippen molar-refractivity contribution in [3.63, 3.8) is 0 Å². The third-order valence-corrected chi connectivity index (χ3v) is 4.73. The van der Waals surface area contributed by atoms with Crippen molar-refractivity contribution in [1.82, 2.24) is 15.1 Å². The molecule has 2 heterocycles. The summed E-state index contributed by atoms with van der Waals surface area (Å²) in [5.74, 6) is 1.05. The molecule has 0 aromatic heterocycles. The van der Waals surface area contributed by atoms with Crippen LogP contribution < -0.4 is 5.32 Å². The Morgan fingerprint density at radius 3 is 2.76 bits per heavy atom. The fourth-order valence-electron chi connectivity index (χ4n) is 3.38. The number of hydrogen-bond acceptors (Lipinski definition) is 3. The van der Waals surface area contributed by atoms with Gasteiger partial charge in [-0.25, -0.2) is 0 Å². The van der Waals surface area contributed by atoms with E-state index in [9.17, 15) is 0 Å². The van der Waals surface area contributed by atoms with Gasteiger partial charge in [0.15, 0.2) is 5.96 Å². The van der Waals surface area contributed by atoms with Crippen molar-refractivity contribution in [2.45, 2.75) is 46.2 Å². The summed E-state index contributed by atoms with van der Waals surface area (Å²) >= 11 is 0. The average molecular weight is 296 g/mol. The summed E-state index contributed by atoms with van der Waals surface area (Å²) in [6, 6.07) is 1.000. The van der Waals surface area contributed by atoms with E-state index in [4.69, 9.17) is 4.74 Å². The second-order valence-corrected chi connectivity index (χ2v) is 7.27. The van der Waals surface area contributed by atoms with Gasteiger partial charge in [0, 0.05) is 45.3 Å². The summed E-state index contributed by atoms with van der Waals surface area (Å²) in [7, 11) is 1.88. The molecule has 0 aliphatic carbocycles. The quantitative estimate of drug-likeness (QED) is 0.631. The Balaban J connectivity index is 1.83. The molecule has 5 nitrogen and oxygen atoms in total. The second kappa shape index (κ2) is 6.97. The molecule has 5 heteroatoms. The molecule has 21 heavy (non-hydrogen) atoms. The molecule has 2 atom stereocenters. The monoisotopic (exact) mass is 296 g/mol. The predicted molar refractivity (Wildman–Crippen MR) is 87.8 cm³/mol. The number of ether oxygens (including phenoxy) is 1. The molecular formula is C16H32N4O. The Labute approximate surface area is 129 Å². The molecule has 2 aliphatic heterocycles. The van der Waals surface area contributed by atoms with Gasteiger partial charge in [0.1, 0.15) is 0 Å². The molecule has 0 aromatic rings. The van der Waals surface area contributed by atoms with Crippen LogP contribution in [0.15, 0.2) is 4.99 Å². The molecule has 0 amide bonds. The van der Waals surface area contributed by atoms with Crippen molar-refractivity contribution in [2.75, 3.05) is 46.4 Å². The first kappa shape index (κ1) is 16.6. The zero-order valence-electron chi connectivity index (χ0n) is 14.4. The van der Waals surface area contributed by atoms with Crippen LogP contribution in [0.4, 0.5) is 0 Å². The van der Waals surface area contributed by atoms with Gasteiger partial charge in [-0.3, -0.25) is 9.89 Å². The van der Waals surface area contributed by atoms with Crippen LogP contribution in [0, 0.1) is 5.41 Å². The van der Waals surface area contributed by atoms with Gasteiger partial charge in [0.25, 0.3) is 0 Å². The van der Waals surface area contributed by atoms with Gasteiger partial charge in [0.05, 0.1) is 13.2 Å². The van der Waals surface area contributed by atoms with Crippen LogP contribution in [0.25, 0.3) is 0 Å². The van der Waals surface area contributed by atoms with Crippen LogP contribution in [-0.2, 0) is 4.74 Å². The highest BCUT2D eigenvalue weighted by Gasteiger charge is 2.31. The molecule has 0 radical (unpaired) electrons. The molecule has 2 fully saturated rings. The number of guanidine groups is 1. The topological polar surface area (TPSA) is 40.1 Å².